The minimum absolute atomic E-state index is 0.0218. The number of hydrogen-bond donors (Lipinski definition) is 3. The smallest absolute Gasteiger partial charge is 0.392 e. The van der Waals surface area contributed by atoms with E-state index in [9.17, 15) is 28.2 Å². The van der Waals surface area contributed by atoms with Gasteiger partial charge in [0, 0.05) is 12.0 Å². The van der Waals surface area contributed by atoms with Crippen LogP contribution in [0.5, 0.6) is 0 Å². The third-order valence-electron chi connectivity index (χ3n) is 2.75. The molecule has 3 N–H and O–H groups in total. The lowest BCUT2D eigenvalue weighted by Crippen LogP contribution is -2.46. The summed E-state index contributed by atoms with van der Waals surface area (Å²) in [5, 5.41) is 21.6. The maximum atomic E-state index is 12.4. The Bertz CT molecular complexity index is 533. The highest BCUT2D eigenvalue weighted by Crippen LogP contribution is 2.29. The number of aliphatic hydroxyl groups is 2. The highest BCUT2D eigenvalue weighted by Gasteiger charge is 2.31. The topological polar surface area (TPSA) is 78.8 Å². The van der Waals surface area contributed by atoms with Crippen LogP contribution in [0.25, 0.3) is 0 Å². The summed E-state index contributed by atoms with van der Waals surface area (Å²) >= 11 is 0. The van der Waals surface area contributed by atoms with Gasteiger partial charge in [-0.2, -0.15) is 13.2 Å². The first-order valence-corrected chi connectivity index (χ1v) is 6.91. The number of aryl methyl sites for hydroxylation is 1. The molecule has 0 heterocycles. The fraction of sp³-hybridized carbons (Fsp3) is 0.533. The standard InChI is InChI=1S/C15H20F3NO4/c1-13(2,3)19-12(20)23-14(21,22)9-8-10-4-6-11(7-5-10)15(16,17)18/h4-7,21-22H,8-9H2,1-3H3,(H,19,20). The van der Waals surface area contributed by atoms with Crippen LogP contribution in [0, 0.1) is 0 Å². The summed E-state index contributed by atoms with van der Waals surface area (Å²) in [6, 6.07) is 4.26. The molecular formula is C15H20F3NO4. The van der Waals surface area contributed by atoms with Crippen molar-refractivity contribution in [3.63, 3.8) is 0 Å². The summed E-state index contributed by atoms with van der Waals surface area (Å²) in [7, 11) is 0. The van der Waals surface area contributed by atoms with Crippen LogP contribution in [-0.2, 0) is 17.3 Å². The van der Waals surface area contributed by atoms with E-state index in [1.54, 1.807) is 20.8 Å². The molecule has 0 radical (unpaired) electrons. The summed E-state index contributed by atoms with van der Waals surface area (Å²) in [5.41, 5.74) is -0.952. The summed E-state index contributed by atoms with van der Waals surface area (Å²) in [5.74, 6) is -2.71. The maximum Gasteiger partial charge on any atom is 0.416 e. The molecule has 0 aliphatic rings. The van der Waals surface area contributed by atoms with Gasteiger partial charge in [-0.1, -0.05) is 12.1 Å². The van der Waals surface area contributed by atoms with E-state index in [0.717, 1.165) is 12.1 Å². The molecule has 5 nitrogen and oxygen atoms in total. The van der Waals surface area contributed by atoms with Crippen LogP contribution in [0.2, 0.25) is 0 Å². The van der Waals surface area contributed by atoms with Gasteiger partial charge in [-0.05, 0) is 44.9 Å². The Morgan fingerprint density at radius 2 is 1.65 bits per heavy atom. The van der Waals surface area contributed by atoms with Gasteiger partial charge in [-0.25, -0.2) is 4.79 Å². The first kappa shape index (κ1) is 19.2. The van der Waals surface area contributed by atoms with Crippen molar-refractivity contribution in [2.24, 2.45) is 0 Å². The van der Waals surface area contributed by atoms with Gasteiger partial charge in [-0.3, -0.25) is 0 Å². The molecular weight excluding hydrogens is 315 g/mol. The van der Waals surface area contributed by atoms with E-state index in [4.69, 9.17) is 0 Å². The van der Waals surface area contributed by atoms with Gasteiger partial charge in [0.05, 0.1) is 5.56 Å². The lowest BCUT2D eigenvalue weighted by atomic mass is 10.1. The molecule has 0 aliphatic heterocycles. The largest absolute Gasteiger partial charge is 0.416 e. The maximum absolute atomic E-state index is 12.4. The van der Waals surface area contributed by atoms with E-state index in [-0.39, 0.29) is 12.8 Å². The third-order valence-corrected chi connectivity index (χ3v) is 2.75. The Morgan fingerprint density at radius 1 is 1.13 bits per heavy atom. The van der Waals surface area contributed by atoms with Gasteiger partial charge in [0.15, 0.2) is 0 Å². The molecule has 0 unspecified atom stereocenters. The van der Waals surface area contributed by atoms with Crippen molar-refractivity contribution < 1.29 is 32.9 Å². The first-order chi connectivity index (χ1) is 10.3. The lowest BCUT2D eigenvalue weighted by molar-refractivity contribution is -0.310. The number of carbonyl (C=O) groups is 1. The number of ether oxygens (including phenoxy) is 1. The molecule has 0 spiro atoms. The normalized spacial score (nSPS) is 12.9. The van der Waals surface area contributed by atoms with E-state index < -0.39 is 29.3 Å². The van der Waals surface area contributed by atoms with Crippen LogP contribution in [-0.4, -0.2) is 27.8 Å². The number of amides is 1. The average Bonchev–Trinajstić information content (AvgIpc) is 2.33. The van der Waals surface area contributed by atoms with Crippen LogP contribution in [0.4, 0.5) is 18.0 Å². The summed E-state index contributed by atoms with van der Waals surface area (Å²) in [6.07, 6.45) is -5.79. The van der Waals surface area contributed by atoms with Gasteiger partial charge < -0.3 is 20.3 Å². The summed E-state index contributed by atoms with van der Waals surface area (Å²) < 4.78 is 41.8. The van der Waals surface area contributed by atoms with E-state index >= 15 is 0 Å². The average molecular weight is 335 g/mol. The quantitative estimate of drug-likeness (QED) is 0.739. The molecule has 8 heteroatoms. The number of carbonyl (C=O) groups excluding carboxylic acids is 1. The molecule has 130 valence electrons. The van der Waals surface area contributed by atoms with Crippen molar-refractivity contribution >= 4 is 6.09 Å². The monoisotopic (exact) mass is 335 g/mol. The number of alkyl carbamates (subject to hydrolysis) is 1. The zero-order chi connectivity index (χ0) is 17.9. The second-order valence-electron chi connectivity index (χ2n) is 6.20. The Kier molecular flexibility index (Phi) is 5.65. The molecule has 0 saturated heterocycles. The molecule has 0 aromatic heterocycles. The van der Waals surface area contributed by atoms with E-state index in [1.165, 1.54) is 12.1 Å². The van der Waals surface area contributed by atoms with E-state index in [0.29, 0.717) is 5.56 Å². The minimum atomic E-state index is -4.43. The zero-order valence-electron chi connectivity index (χ0n) is 13.1. The molecule has 0 fully saturated rings. The van der Waals surface area contributed by atoms with Crippen molar-refractivity contribution in [1.82, 2.24) is 5.32 Å². The van der Waals surface area contributed by atoms with Crippen LogP contribution in [0.3, 0.4) is 0 Å². The molecule has 0 aliphatic carbocycles. The second kappa shape index (κ2) is 6.76. The van der Waals surface area contributed by atoms with Crippen molar-refractivity contribution in [2.45, 2.75) is 51.3 Å². The summed E-state index contributed by atoms with van der Waals surface area (Å²) in [4.78, 5) is 11.5. The van der Waals surface area contributed by atoms with Crippen molar-refractivity contribution in [2.75, 3.05) is 0 Å². The van der Waals surface area contributed by atoms with Crippen LogP contribution < -0.4 is 5.32 Å². The first-order valence-electron chi connectivity index (χ1n) is 6.91. The molecule has 1 aromatic carbocycles. The molecule has 0 bridgehead atoms. The fourth-order valence-electron chi connectivity index (χ4n) is 1.70. The van der Waals surface area contributed by atoms with E-state index in [1.807, 2.05) is 0 Å². The predicted molar refractivity (Wildman–Crippen MR) is 76.3 cm³/mol. The van der Waals surface area contributed by atoms with Gasteiger partial charge in [-0.15, -0.1) is 0 Å². The zero-order valence-corrected chi connectivity index (χ0v) is 13.1. The number of alkyl halides is 3. The van der Waals surface area contributed by atoms with Crippen molar-refractivity contribution in [1.29, 1.82) is 0 Å². The summed E-state index contributed by atoms with van der Waals surface area (Å²) in [6.45, 7) is 5.06. The third kappa shape index (κ3) is 7.34. The lowest BCUT2D eigenvalue weighted by Gasteiger charge is -2.25. The predicted octanol–water partition coefficient (Wildman–Crippen LogP) is 2.80. The van der Waals surface area contributed by atoms with Crippen molar-refractivity contribution in [3.8, 4) is 0 Å². The number of halogens is 3. The van der Waals surface area contributed by atoms with Gasteiger partial charge in [0.25, 0.3) is 0 Å². The number of nitrogens with one attached hydrogen (secondary N) is 1. The van der Waals surface area contributed by atoms with Crippen LogP contribution >= 0.6 is 0 Å². The van der Waals surface area contributed by atoms with E-state index in [2.05, 4.69) is 10.1 Å². The highest BCUT2D eigenvalue weighted by molar-refractivity contribution is 5.68. The van der Waals surface area contributed by atoms with Crippen molar-refractivity contribution in [3.05, 3.63) is 35.4 Å². The molecule has 0 atom stereocenters. The number of hydrogen-bond acceptors (Lipinski definition) is 4. The fourth-order valence-corrected chi connectivity index (χ4v) is 1.70. The van der Waals surface area contributed by atoms with Gasteiger partial charge in [0.2, 0.25) is 0 Å². The molecule has 23 heavy (non-hydrogen) atoms. The molecule has 1 rings (SSSR count). The number of benzene rings is 1. The number of rotatable bonds is 4. The van der Waals surface area contributed by atoms with Gasteiger partial charge in [0.1, 0.15) is 0 Å². The molecule has 1 amide bonds. The Morgan fingerprint density at radius 3 is 2.09 bits per heavy atom. The van der Waals surface area contributed by atoms with Crippen LogP contribution in [0.15, 0.2) is 24.3 Å². The Labute approximate surface area is 132 Å². The van der Waals surface area contributed by atoms with Crippen LogP contribution in [0.1, 0.15) is 38.3 Å². The second-order valence-corrected chi connectivity index (χ2v) is 6.20. The Balaban J connectivity index is 2.57. The SMILES string of the molecule is CC(C)(C)NC(=O)OC(O)(O)CCc1ccc(C(F)(F)F)cc1. The minimum Gasteiger partial charge on any atom is -0.392 e. The highest BCUT2D eigenvalue weighted by atomic mass is 19.4. The van der Waals surface area contributed by atoms with Gasteiger partial charge >= 0.3 is 18.2 Å². The Hall–Kier alpha value is -1.80. The molecule has 0 saturated carbocycles. The molecule has 1 aromatic rings.